The Kier molecular flexibility index (Phi) is 3.36. The number of para-hydroxylation sites is 1. The summed E-state index contributed by atoms with van der Waals surface area (Å²) in [7, 11) is -1.58. The van der Waals surface area contributed by atoms with Gasteiger partial charge in [-0.1, -0.05) is 30.3 Å². The molecule has 2 aromatic rings. The Bertz CT molecular complexity index is 690. The van der Waals surface area contributed by atoms with Gasteiger partial charge in [0.2, 0.25) is 0 Å². The molecule has 0 saturated carbocycles. The Morgan fingerprint density at radius 1 is 0.955 bits per heavy atom. The van der Waals surface area contributed by atoms with Crippen molar-refractivity contribution in [2.45, 2.75) is 19.1 Å². The van der Waals surface area contributed by atoms with Crippen molar-refractivity contribution in [3.8, 4) is 0 Å². The first kappa shape index (κ1) is 13.7. The van der Waals surface area contributed by atoms with Gasteiger partial charge in [-0.3, -0.25) is 0 Å². The van der Waals surface area contributed by atoms with Crippen LogP contribution in [-0.4, -0.2) is 19.2 Å². The van der Waals surface area contributed by atoms with Crippen LogP contribution >= 0.6 is 8.10 Å². The van der Waals surface area contributed by atoms with Crippen molar-refractivity contribution in [1.82, 2.24) is 0 Å². The quantitative estimate of drug-likeness (QED) is 0.630. The molecule has 0 spiro atoms. The summed E-state index contributed by atoms with van der Waals surface area (Å²) < 4.78 is 22.2. The fourth-order valence-corrected chi connectivity index (χ4v) is 4.36. The highest BCUT2D eigenvalue weighted by atomic mass is 31.1. The third-order valence-corrected chi connectivity index (χ3v) is 5.91. The predicted octanol–water partition coefficient (Wildman–Crippen LogP) is 4.13. The summed E-state index contributed by atoms with van der Waals surface area (Å²) >= 11 is 0. The number of rotatable bonds is 3. The minimum atomic E-state index is -1.58. The molecule has 0 radical (unpaired) electrons. The summed E-state index contributed by atoms with van der Waals surface area (Å²) in [6, 6.07) is 18.2. The number of nitrogens with zero attached hydrogens (tertiary/aromatic N) is 2. The van der Waals surface area contributed by atoms with Crippen molar-refractivity contribution >= 4 is 19.5 Å². The summed E-state index contributed by atoms with van der Waals surface area (Å²) in [5.41, 5.74) is 3.23. The molecule has 3 atom stereocenters. The summed E-state index contributed by atoms with van der Waals surface area (Å²) in [5, 5.41) is 0. The van der Waals surface area contributed by atoms with Crippen molar-refractivity contribution in [3.63, 3.8) is 0 Å². The Balaban J connectivity index is 1.53. The molecule has 2 aliphatic rings. The molecule has 2 aliphatic heterocycles. The number of hydrogen-bond donors (Lipinski definition) is 0. The van der Waals surface area contributed by atoms with E-state index in [-0.39, 0.29) is 6.10 Å². The van der Waals surface area contributed by atoms with E-state index >= 15 is 0 Å². The molecule has 2 heterocycles. The smallest absolute Gasteiger partial charge is 0.365 e. The predicted molar refractivity (Wildman–Crippen MR) is 88.5 cm³/mol. The van der Waals surface area contributed by atoms with Crippen LogP contribution in [0.3, 0.4) is 0 Å². The zero-order valence-corrected chi connectivity index (χ0v) is 13.3. The lowest BCUT2D eigenvalue weighted by atomic mass is 10.1. The van der Waals surface area contributed by atoms with Gasteiger partial charge in [-0.25, -0.2) is 0 Å². The SMILES string of the molecule is C[C@H]1O[C@H]1c1ccc(N2CCN(c3ccccc3)[P+]2=O)cc1. The molecule has 0 amide bonds. The normalized spacial score (nSPS) is 25.6. The lowest BCUT2D eigenvalue weighted by Crippen LogP contribution is -2.10. The van der Waals surface area contributed by atoms with Crippen LogP contribution in [0.15, 0.2) is 54.6 Å². The first-order valence-corrected chi connectivity index (χ1v) is 8.73. The fraction of sp³-hybridized carbons (Fsp3) is 0.294. The molecule has 22 heavy (non-hydrogen) atoms. The summed E-state index contributed by atoms with van der Waals surface area (Å²) in [6.07, 6.45) is 0.560. The van der Waals surface area contributed by atoms with Gasteiger partial charge in [0.1, 0.15) is 6.10 Å². The van der Waals surface area contributed by atoms with Crippen LogP contribution in [0.25, 0.3) is 0 Å². The van der Waals surface area contributed by atoms with Gasteiger partial charge >= 0.3 is 8.10 Å². The third kappa shape index (κ3) is 2.39. The van der Waals surface area contributed by atoms with Gasteiger partial charge in [-0.2, -0.15) is 0 Å². The van der Waals surface area contributed by atoms with Crippen LogP contribution in [0.2, 0.25) is 0 Å². The molecule has 0 bridgehead atoms. The summed E-state index contributed by atoms with van der Waals surface area (Å²) in [5.74, 6) is 0. The van der Waals surface area contributed by atoms with Gasteiger partial charge in [-0.05, 0) is 41.3 Å². The molecule has 2 fully saturated rings. The topological polar surface area (TPSA) is 36.1 Å². The molecule has 4 nitrogen and oxygen atoms in total. The Morgan fingerprint density at radius 2 is 1.50 bits per heavy atom. The first-order valence-electron chi connectivity index (χ1n) is 7.57. The minimum Gasteiger partial charge on any atom is -0.365 e. The zero-order valence-electron chi connectivity index (χ0n) is 12.4. The molecule has 0 aliphatic carbocycles. The highest BCUT2D eigenvalue weighted by Gasteiger charge is 2.44. The second kappa shape index (κ2) is 5.38. The highest BCUT2D eigenvalue weighted by Crippen LogP contribution is 2.45. The van der Waals surface area contributed by atoms with Crippen molar-refractivity contribution < 1.29 is 9.30 Å². The van der Waals surface area contributed by atoms with Gasteiger partial charge < -0.3 is 4.74 Å². The van der Waals surface area contributed by atoms with E-state index in [4.69, 9.17) is 4.74 Å². The van der Waals surface area contributed by atoms with E-state index in [1.807, 2.05) is 51.8 Å². The van der Waals surface area contributed by atoms with Crippen LogP contribution < -0.4 is 9.34 Å². The standard InChI is InChI=1S/C17H18N2O2P/c1-13-17(21-13)14-7-9-16(10-8-14)19-12-11-18(22(19)20)15-5-3-2-4-6-15/h2-10,13,17H,11-12H2,1H3/q+1/t13-,17-/m1/s1. The van der Waals surface area contributed by atoms with Crippen molar-refractivity contribution in [3.05, 3.63) is 60.2 Å². The Labute approximate surface area is 131 Å². The van der Waals surface area contributed by atoms with Crippen LogP contribution in [0, 0.1) is 0 Å². The van der Waals surface area contributed by atoms with Gasteiger partial charge in [0.25, 0.3) is 0 Å². The number of hydrogen-bond acceptors (Lipinski definition) is 2. The maximum absolute atomic E-state index is 12.8. The minimum absolute atomic E-state index is 0.238. The average Bonchev–Trinajstić information content (AvgIpc) is 3.17. The lowest BCUT2D eigenvalue weighted by molar-refractivity contribution is 0.383. The maximum atomic E-state index is 12.8. The average molecular weight is 313 g/mol. The van der Waals surface area contributed by atoms with Crippen LogP contribution in [0.1, 0.15) is 18.6 Å². The summed E-state index contributed by atoms with van der Waals surface area (Å²) in [6.45, 7) is 3.64. The molecule has 2 saturated heterocycles. The Morgan fingerprint density at radius 3 is 2.05 bits per heavy atom. The number of anilines is 2. The van der Waals surface area contributed by atoms with Crippen LogP contribution in [0.5, 0.6) is 0 Å². The van der Waals surface area contributed by atoms with E-state index in [2.05, 4.69) is 19.1 Å². The number of epoxide rings is 1. The van der Waals surface area contributed by atoms with Gasteiger partial charge in [0.05, 0.1) is 30.6 Å². The van der Waals surface area contributed by atoms with E-state index in [1.165, 1.54) is 5.56 Å². The maximum Gasteiger partial charge on any atom is 0.595 e. The lowest BCUT2D eigenvalue weighted by Gasteiger charge is -2.08. The third-order valence-electron chi connectivity index (χ3n) is 4.22. The van der Waals surface area contributed by atoms with Gasteiger partial charge in [0, 0.05) is 0 Å². The van der Waals surface area contributed by atoms with E-state index in [0.717, 1.165) is 24.5 Å². The fourth-order valence-electron chi connectivity index (χ4n) is 2.92. The number of benzene rings is 2. The molecule has 2 aromatic carbocycles. The van der Waals surface area contributed by atoms with Crippen molar-refractivity contribution in [2.75, 3.05) is 22.4 Å². The molecule has 5 heteroatoms. The zero-order chi connectivity index (χ0) is 15.1. The van der Waals surface area contributed by atoms with E-state index in [1.54, 1.807) is 0 Å². The molecule has 112 valence electrons. The van der Waals surface area contributed by atoms with Crippen LogP contribution in [-0.2, 0) is 9.30 Å². The molecular weight excluding hydrogens is 295 g/mol. The van der Waals surface area contributed by atoms with Crippen molar-refractivity contribution in [2.24, 2.45) is 0 Å². The second-order valence-corrected chi connectivity index (χ2v) is 7.16. The molecule has 0 aromatic heterocycles. The number of ether oxygens (including phenoxy) is 1. The molecule has 1 unspecified atom stereocenters. The second-order valence-electron chi connectivity index (χ2n) is 5.69. The largest absolute Gasteiger partial charge is 0.595 e. The van der Waals surface area contributed by atoms with Crippen molar-refractivity contribution in [1.29, 1.82) is 0 Å². The summed E-state index contributed by atoms with van der Waals surface area (Å²) in [4.78, 5) is 0. The van der Waals surface area contributed by atoms with E-state index in [9.17, 15) is 4.57 Å². The molecular formula is C17H18N2O2P+. The first-order chi connectivity index (χ1) is 10.7. The molecule has 0 N–H and O–H groups in total. The van der Waals surface area contributed by atoms with Crippen LogP contribution in [0.4, 0.5) is 11.4 Å². The monoisotopic (exact) mass is 313 g/mol. The highest BCUT2D eigenvalue weighted by molar-refractivity contribution is 7.49. The van der Waals surface area contributed by atoms with E-state index in [0.29, 0.717) is 6.10 Å². The molecule has 4 rings (SSSR count). The Hall–Kier alpha value is -1.90. The van der Waals surface area contributed by atoms with E-state index < -0.39 is 8.10 Å². The van der Waals surface area contributed by atoms with Gasteiger partial charge in [0.15, 0.2) is 0 Å². The van der Waals surface area contributed by atoms with Gasteiger partial charge in [-0.15, -0.1) is 9.34 Å².